The second-order valence-corrected chi connectivity index (χ2v) is 5.61. The molecule has 1 N–H and O–H groups in total. The summed E-state index contributed by atoms with van der Waals surface area (Å²) in [4.78, 5) is 20.0. The molecule has 0 radical (unpaired) electrons. The summed E-state index contributed by atoms with van der Waals surface area (Å²) < 4.78 is 10.5. The average molecular weight is 350 g/mol. The van der Waals surface area contributed by atoms with Gasteiger partial charge >= 0.3 is 5.97 Å². The van der Waals surface area contributed by atoms with E-state index in [4.69, 9.17) is 9.47 Å². The van der Waals surface area contributed by atoms with Crippen LogP contribution in [0.4, 0.5) is 0 Å². The number of carboxylic acids is 1. The molecule has 132 valence electrons. The number of nitrogens with zero attached hydrogens (tertiary/aromatic N) is 2. The number of ether oxygens (including phenoxy) is 2. The molecule has 6 heteroatoms. The minimum atomic E-state index is -1.03. The van der Waals surface area contributed by atoms with Crippen LogP contribution in [0.1, 0.15) is 21.6 Å². The van der Waals surface area contributed by atoms with Gasteiger partial charge in [0.25, 0.3) is 0 Å². The molecule has 0 spiro atoms. The molecule has 0 unspecified atom stereocenters. The van der Waals surface area contributed by atoms with Crippen LogP contribution in [0.5, 0.6) is 11.5 Å². The number of hydrogen-bond acceptors (Lipinski definition) is 5. The first-order valence-electron chi connectivity index (χ1n) is 7.97. The number of carboxylic acid groups (broad SMARTS) is 1. The Morgan fingerprint density at radius 2 is 1.77 bits per heavy atom. The van der Waals surface area contributed by atoms with Crippen molar-refractivity contribution in [2.24, 2.45) is 0 Å². The summed E-state index contributed by atoms with van der Waals surface area (Å²) in [5.74, 6) is 0.0366. The molecule has 1 heterocycles. The molecule has 3 rings (SSSR count). The molecule has 1 aromatic heterocycles. The van der Waals surface area contributed by atoms with Gasteiger partial charge in [-0.1, -0.05) is 18.2 Å². The van der Waals surface area contributed by atoms with Crippen molar-refractivity contribution in [3.8, 4) is 22.8 Å². The van der Waals surface area contributed by atoms with E-state index < -0.39 is 5.97 Å². The van der Waals surface area contributed by atoms with Crippen molar-refractivity contribution < 1.29 is 19.4 Å². The van der Waals surface area contributed by atoms with Gasteiger partial charge < -0.3 is 14.6 Å². The van der Waals surface area contributed by atoms with E-state index in [9.17, 15) is 9.90 Å². The van der Waals surface area contributed by atoms with Crippen molar-refractivity contribution in [2.75, 3.05) is 14.2 Å². The lowest BCUT2D eigenvalue weighted by Gasteiger charge is -2.10. The van der Waals surface area contributed by atoms with Crippen LogP contribution >= 0.6 is 0 Å². The summed E-state index contributed by atoms with van der Waals surface area (Å²) >= 11 is 0. The molecule has 0 aliphatic carbocycles. The minimum absolute atomic E-state index is 0.129. The zero-order chi connectivity index (χ0) is 18.5. The lowest BCUT2D eigenvalue weighted by Crippen LogP contribution is -2.03. The van der Waals surface area contributed by atoms with Gasteiger partial charge in [0.1, 0.15) is 23.4 Å². The van der Waals surface area contributed by atoms with Gasteiger partial charge in [-0.05, 0) is 35.9 Å². The highest BCUT2D eigenvalue weighted by Gasteiger charge is 2.13. The van der Waals surface area contributed by atoms with Crippen LogP contribution in [0.2, 0.25) is 0 Å². The van der Waals surface area contributed by atoms with Gasteiger partial charge in [-0.3, -0.25) is 0 Å². The summed E-state index contributed by atoms with van der Waals surface area (Å²) in [5.41, 5.74) is 3.36. The van der Waals surface area contributed by atoms with Crippen LogP contribution in [0, 0.1) is 0 Å². The van der Waals surface area contributed by atoms with Crippen molar-refractivity contribution in [3.05, 3.63) is 71.7 Å². The third-order valence-corrected chi connectivity index (χ3v) is 3.99. The van der Waals surface area contributed by atoms with Crippen molar-refractivity contribution in [1.29, 1.82) is 0 Å². The first-order valence-corrected chi connectivity index (χ1v) is 7.97. The van der Waals surface area contributed by atoms with Crippen molar-refractivity contribution in [1.82, 2.24) is 9.97 Å². The Bertz CT molecular complexity index is 941. The monoisotopic (exact) mass is 350 g/mol. The van der Waals surface area contributed by atoms with Gasteiger partial charge in [0, 0.05) is 17.7 Å². The van der Waals surface area contributed by atoms with Crippen LogP contribution in [-0.2, 0) is 6.42 Å². The molecule has 0 amide bonds. The molecule has 0 saturated carbocycles. The molecule has 3 aromatic rings. The number of hydrogen-bond donors (Lipinski definition) is 1. The van der Waals surface area contributed by atoms with Gasteiger partial charge in [-0.15, -0.1) is 0 Å². The topological polar surface area (TPSA) is 81.5 Å². The number of carbonyl (C=O) groups is 1. The lowest BCUT2D eigenvalue weighted by molar-refractivity contribution is 0.0693. The average Bonchev–Trinajstić information content (AvgIpc) is 2.68. The summed E-state index contributed by atoms with van der Waals surface area (Å²) in [6, 6.07) is 14.6. The highest BCUT2D eigenvalue weighted by atomic mass is 16.5. The Kier molecular flexibility index (Phi) is 5.12. The van der Waals surface area contributed by atoms with Crippen molar-refractivity contribution in [3.63, 3.8) is 0 Å². The van der Waals surface area contributed by atoms with Crippen molar-refractivity contribution >= 4 is 5.97 Å². The van der Waals surface area contributed by atoms with Crippen LogP contribution in [0.3, 0.4) is 0 Å². The first kappa shape index (κ1) is 17.4. The summed E-state index contributed by atoms with van der Waals surface area (Å²) in [6.07, 6.45) is 1.98. The van der Waals surface area contributed by atoms with Crippen LogP contribution < -0.4 is 9.47 Å². The van der Waals surface area contributed by atoms with Crippen LogP contribution in [0.25, 0.3) is 11.3 Å². The molecule has 0 saturated heterocycles. The van der Waals surface area contributed by atoms with E-state index >= 15 is 0 Å². The highest BCUT2D eigenvalue weighted by Crippen LogP contribution is 2.28. The summed E-state index contributed by atoms with van der Waals surface area (Å²) in [7, 11) is 3.07. The molecule has 0 bridgehead atoms. The van der Waals surface area contributed by atoms with Crippen molar-refractivity contribution in [2.45, 2.75) is 6.42 Å². The van der Waals surface area contributed by atoms with E-state index in [1.54, 1.807) is 19.2 Å². The number of benzene rings is 2. The van der Waals surface area contributed by atoms with Crippen LogP contribution in [0.15, 0.2) is 54.9 Å². The number of aromatic nitrogens is 2. The predicted molar refractivity (Wildman–Crippen MR) is 96.8 cm³/mol. The predicted octanol–water partition coefficient (Wildman–Crippen LogP) is 3.45. The summed E-state index contributed by atoms with van der Waals surface area (Å²) in [5, 5.41) is 9.32. The molecule has 0 aliphatic rings. The maximum atomic E-state index is 11.4. The fourth-order valence-electron chi connectivity index (χ4n) is 2.74. The third kappa shape index (κ3) is 3.64. The molecular weight excluding hydrogens is 332 g/mol. The van der Waals surface area contributed by atoms with Gasteiger partial charge in [0.05, 0.1) is 19.9 Å². The molecule has 2 aromatic carbocycles. The van der Waals surface area contributed by atoms with E-state index in [2.05, 4.69) is 9.97 Å². The van der Waals surface area contributed by atoms with Gasteiger partial charge in [0.15, 0.2) is 0 Å². The van der Waals surface area contributed by atoms with E-state index in [-0.39, 0.29) is 5.56 Å². The molecule has 0 fully saturated rings. The number of para-hydroxylation sites is 1. The Hall–Kier alpha value is -3.41. The standard InChI is InChI=1S/C20H18N2O4/c1-25-18-6-4-3-5-15(18)17-11-14(21-12-22-17)9-13-7-8-19(26-2)16(10-13)20(23)24/h3-8,10-12H,9H2,1-2H3,(H,23,24). The van der Waals surface area contributed by atoms with E-state index in [0.29, 0.717) is 12.2 Å². The third-order valence-electron chi connectivity index (χ3n) is 3.99. The number of rotatable bonds is 6. The quantitative estimate of drug-likeness (QED) is 0.733. The second kappa shape index (κ2) is 7.65. The minimum Gasteiger partial charge on any atom is -0.496 e. The Morgan fingerprint density at radius 3 is 2.50 bits per heavy atom. The Morgan fingerprint density at radius 1 is 1.00 bits per heavy atom. The first-order chi connectivity index (χ1) is 12.6. The number of methoxy groups -OCH3 is 2. The molecular formula is C20H18N2O4. The van der Waals surface area contributed by atoms with E-state index in [0.717, 1.165) is 28.3 Å². The Balaban J connectivity index is 1.92. The smallest absolute Gasteiger partial charge is 0.339 e. The molecule has 0 atom stereocenters. The zero-order valence-electron chi connectivity index (χ0n) is 14.5. The fraction of sp³-hybridized carbons (Fsp3) is 0.150. The van der Waals surface area contributed by atoms with Gasteiger partial charge in [-0.25, -0.2) is 14.8 Å². The maximum Gasteiger partial charge on any atom is 0.339 e. The van der Waals surface area contributed by atoms with Gasteiger partial charge in [-0.2, -0.15) is 0 Å². The molecule has 26 heavy (non-hydrogen) atoms. The highest BCUT2D eigenvalue weighted by molar-refractivity contribution is 5.91. The van der Waals surface area contributed by atoms with E-state index in [1.165, 1.54) is 13.4 Å². The molecule has 6 nitrogen and oxygen atoms in total. The Labute approximate surface area is 151 Å². The fourth-order valence-corrected chi connectivity index (χ4v) is 2.74. The second-order valence-electron chi connectivity index (χ2n) is 5.61. The SMILES string of the molecule is COc1ccc(Cc2cc(-c3ccccc3OC)ncn2)cc1C(=O)O. The van der Waals surface area contributed by atoms with Gasteiger partial charge in [0.2, 0.25) is 0 Å². The normalized spacial score (nSPS) is 10.4. The lowest BCUT2D eigenvalue weighted by atomic mass is 10.0. The summed E-state index contributed by atoms with van der Waals surface area (Å²) in [6.45, 7) is 0. The maximum absolute atomic E-state index is 11.4. The molecule has 0 aliphatic heterocycles. The number of aromatic carboxylic acids is 1. The zero-order valence-corrected chi connectivity index (χ0v) is 14.5. The largest absolute Gasteiger partial charge is 0.496 e. The van der Waals surface area contributed by atoms with Crippen LogP contribution in [-0.4, -0.2) is 35.3 Å². The van der Waals surface area contributed by atoms with E-state index in [1.807, 2.05) is 36.4 Å².